The van der Waals surface area contributed by atoms with Crippen LogP contribution in [-0.2, 0) is 16.0 Å². The Labute approximate surface area is 160 Å². The van der Waals surface area contributed by atoms with Gasteiger partial charge in [0.1, 0.15) is 0 Å². The number of benzene rings is 2. The lowest BCUT2D eigenvalue weighted by atomic mass is 10.1. The lowest BCUT2D eigenvalue weighted by molar-refractivity contribution is -0.137. The summed E-state index contributed by atoms with van der Waals surface area (Å²) in [5, 5.41) is 17.0. The number of hydrogen-bond acceptors (Lipinski definition) is 6. The average molecular weight is 386 g/mol. The van der Waals surface area contributed by atoms with E-state index in [2.05, 4.69) is 0 Å². The summed E-state index contributed by atoms with van der Waals surface area (Å²) < 4.78 is 20.8. The van der Waals surface area contributed by atoms with E-state index in [9.17, 15) is 9.59 Å². The Balaban J connectivity index is 0.000000161. The zero-order valence-electron chi connectivity index (χ0n) is 14.8. The zero-order valence-corrected chi connectivity index (χ0v) is 14.8. The van der Waals surface area contributed by atoms with Crippen LogP contribution in [0.3, 0.4) is 0 Å². The van der Waals surface area contributed by atoms with Gasteiger partial charge in [-0.1, -0.05) is 24.3 Å². The van der Waals surface area contributed by atoms with E-state index in [-0.39, 0.29) is 20.0 Å². The Kier molecular flexibility index (Phi) is 6.01. The van der Waals surface area contributed by atoms with Gasteiger partial charge in [-0.15, -0.1) is 0 Å². The minimum atomic E-state index is -0.985. The molecule has 0 spiro atoms. The van der Waals surface area contributed by atoms with Gasteiger partial charge < -0.3 is 29.2 Å². The third-order valence-electron chi connectivity index (χ3n) is 3.92. The molecule has 0 radical (unpaired) electrons. The number of aliphatic carboxylic acids is 2. The second-order valence-corrected chi connectivity index (χ2v) is 5.80. The van der Waals surface area contributed by atoms with E-state index < -0.39 is 11.9 Å². The summed E-state index contributed by atoms with van der Waals surface area (Å²) in [6.07, 6.45) is 3.13. The van der Waals surface area contributed by atoms with Gasteiger partial charge >= 0.3 is 11.9 Å². The average Bonchev–Trinajstić information content (AvgIpc) is 3.34. The number of aryl methyl sites for hydroxylation is 1. The summed E-state index contributed by atoms with van der Waals surface area (Å²) in [6.45, 7) is 0.409. The van der Waals surface area contributed by atoms with Gasteiger partial charge in [-0.25, -0.2) is 4.79 Å². The minimum absolute atomic E-state index is 0.111. The monoisotopic (exact) mass is 386 g/mol. The predicted molar refractivity (Wildman–Crippen MR) is 97.8 cm³/mol. The molecular weight excluding hydrogens is 368 g/mol. The van der Waals surface area contributed by atoms with Crippen molar-refractivity contribution in [2.24, 2.45) is 0 Å². The summed E-state index contributed by atoms with van der Waals surface area (Å²) >= 11 is 0. The minimum Gasteiger partial charge on any atom is -0.481 e. The summed E-state index contributed by atoms with van der Waals surface area (Å²) in [7, 11) is 0. The maximum atomic E-state index is 10.4. The van der Waals surface area contributed by atoms with Crippen LogP contribution in [0.2, 0.25) is 0 Å². The molecule has 0 saturated heterocycles. The van der Waals surface area contributed by atoms with E-state index in [1.54, 1.807) is 18.2 Å². The molecule has 8 heteroatoms. The number of rotatable bonds is 5. The Hall–Kier alpha value is -3.68. The van der Waals surface area contributed by atoms with Gasteiger partial charge in [0.15, 0.2) is 23.0 Å². The van der Waals surface area contributed by atoms with Gasteiger partial charge in [0.05, 0.1) is 0 Å². The first kappa shape index (κ1) is 19.1. The van der Waals surface area contributed by atoms with Crippen LogP contribution in [0.25, 0.3) is 6.08 Å². The molecule has 2 heterocycles. The molecule has 0 saturated carbocycles. The molecule has 2 aromatic carbocycles. The molecule has 2 aromatic rings. The van der Waals surface area contributed by atoms with Crippen LogP contribution < -0.4 is 18.9 Å². The highest BCUT2D eigenvalue weighted by Crippen LogP contribution is 2.36. The molecule has 2 aliphatic rings. The summed E-state index contributed by atoms with van der Waals surface area (Å²) in [5.74, 6) is 0.854. The Morgan fingerprint density at radius 3 is 2.21 bits per heavy atom. The highest BCUT2D eigenvalue weighted by Gasteiger charge is 2.17. The van der Waals surface area contributed by atoms with Gasteiger partial charge in [-0.2, -0.15) is 0 Å². The highest BCUT2D eigenvalue weighted by molar-refractivity contribution is 5.86. The molecule has 0 amide bonds. The first-order valence-corrected chi connectivity index (χ1v) is 8.43. The van der Waals surface area contributed by atoms with Crippen LogP contribution in [-0.4, -0.2) is 35.7 Å². The fourth-order valence-electron chi connectivity index (χ4n) is 2.67. The van der Waals surface area contributed by atoms with Gasteiger partial charge in [0.25, 0.3) is 0 Å². The van der Waals surface area contributed by atoms with E-state index in [0.717, 1.165) is 11.6 Å². The van der Waals surface area contributed by atoms with Crippen LogP contribution in [0.15, 0.2) is 42.5 Å². The predicted octanol–water partition coefficient (Wildman–Crippen LogP) is 2.95. The van der Waals surface area contributed by atoms with Crippen LogP contribution in [0, 0.1) is 0 Å². The third kappa shape index (κ3) is 4.73. The van der Waals surface area contributed by atoms with Crippen molar-refractivity contribution in [1.29, 1.82) is 0 Å². The molecular formula is C20H18O8. The van der Waals surface area contributed by atoms with E-state index >= 15 is 0 Å². The van der Waals surface area contributed by atoms with Crippen molar-refractivity contribution in [3.63, 3.8) is 0 Å². The molecule has 146 valence electrons. The van der Waals surface area contributed by atoms with Crippen molar-refractivity contribution in [2.75, 3.05) is 13.6 Å². The molecule has 0 fully saturated rings. The molecule has 0 atom stereocenters. The molecule has 2 N–H and O–H groups in total. The SMILES string of the molecule is O=C(O)/C=C/c1cccc2c1OCO2.O=C(O)CCc1cccc2c1OCO2. The molecule has 8 nitrogen and oxygen atoms in total. The van der Waals surface area contributed by atoms with Crippen LogP contribution >= 0.6 is 0 Å². The molecule has 0 bridgehead atoms. The summed E-state index contributed by atoms with van der Waals surface area (Å²) in [6, 6.07) is 10.8. The molecule has 0 unspecified atom stereocenters. The summed E-state index contributed by atoms with van der Waals surface area (Å²) in [4.78, 5) is 20.7. The Morgan fingerprint density at radius 2 is 1.54 bits per heavy atom. The highest BCUT2D eigenvalue weighted by atomic mass is 16.7. The number of hydrogen-bond donors (Lipinski definition) is 2. The maximum Gasteiger partial charge on any atom is 0.328 e. The van der Waals surface area contributed by atoms with Crippen molar-refractivity contribution < 1.29 is 38.7 Å². The lowest BCUT2D eigenvalue weighted by Crippen LogP contribution is -1.99. The number of para-hydroxylation sites is 2. The van der Waals surface area contributed by atoms with E-state index in [4.69, 9.17) is 29.2 Å². The molecule has 0 aliphatic carbocycles. The number of carbonyl (C=O) groups is 2. The standard InChI is InChI=1S/C10H10O4.C10H8O4/c2*11-9(12)5-4-7-2-1-3-8-10(7)14-6-13-8/h1-3H,4-6H2,(H,11,12);1-5H,6H2,(H,11,12)/b;5-4+. The Morgan fingerprint density at radius 1 is 0.893 bits per heavy atom. The van der Waals surface area contributed by atoms with Gasteiger partial charge in [0.2, 0.25) is 13.6 Å². The smallest absolute Gasteiger partial charge is 0.328 e. The lowest BCUT2D eigenvalue weighted by Gasteiger charge is -2.03. The largest absolute Gasteiger partial charge is 0.481 e. The second kappa shape index (κ2) is 8.81. The molecule has 0 aromatic heterocycles. The van der Waals surface area contributed by atoms with Crippen molar-refractivity contribution in [3.05, 3.63) is 53.6 Å². The van der Waals surface area contributed by atoms with Crippen LogP contribution in [0.1, 0.15) is 17.5 Å². The number of carboxylic acids is 2. The fourth-order valence-corrected chi connectivity index (χ4v) is 2.67. The first-order chi connectivity index (χ1) is 13.5. The van der Waals surface area contributed by atoms with Crippen molar-refractivity contribution in [3.8, 4) is 23.0 Å². The summed E-state index contributed by atoms with van der Waals surface area (Å²) in [5.41, 5.74) is 1.60. The first-order valence-electron chi connectivity index (χ1n) is 8.43. The third-order valence-corrected chi connectivity index (χ3v) is 3.92. The number of ether oxygens (including phenoxy) is 4. The zero-order chi connectivity index (χ0) is 19.9. The Bertz CT molecular complexity index is 903. The van der Waals surface area contributed by atoms with Crippen LogP contribution in [0.5, 0.6) is 23.0 Å². The van der Waals surface area contributed by atoms with E-state index in [0.29, 0.717) is 35.0 Å². The van der Waals surface area contributed by atoms with Crippen LogP contribution in [0.4, 0.5) is 0 Å². The fraction of sp³-hybridized carbons (Fsp3) is 0.200. The van der Waals surface area contributed by atoms with E-state index in [1.165, 1.54) is 6.08 Å². The molecule has 4 rings (SSSR count). The van der Waals surface area contributed by atoms with Gasteiger partial charge in [0, 0.05) is 18.1 Å². The number of carboxylic acid groups (broad SMARTS) is 2. The molecule has 2 aliphatic heterocycles. The van der Waals surface area contributed by atoms with Crippen molar-refractivity contribution in [1.82, 2.24) is 0 Å². The van der Waals surface area contributed by atoms with Gasteiger partial charge in [-0.3, -0.25) is 4.79 Å². The quantitative estimate of drug-likeness (QED) is 0.755. The molecule has 28 heavy (non-hydrogen) atoms. The maximum absolute atomic E-state index is 10.4. The van der Waals surface area contributed by atoms with Crippen molar-refractivity contribution >= 4 is 18.0 Å². The number of fused-ring (bicyclic) bond motifs is 2. The van der Waals surface area contributed by atoms with Crippen molar-refractivity contribution in [2.45, 2.75) is 12.8 Å². The second-order valence-electron chi connectivity index (χ2n) is 5.80. The topological polar surface area (TPSA) is 112 Å². The normalized spacial score (nSPS) is 13.1. The van der Waals surface area contributed by atoms with Gasteiger partial charge in [-0.05, 0) is 30.2 Å². The van der Waals surface area contributed by atoms with E-state index in [1.807, 2.05) is 18.2 Å².